The van der Waals surface area contributed by atoms with Gasteiger partial charge in [0, 0.05) is 13.7 Å². The Kier molecular flexibility index (Phi) is 6.35. The molecular weight excluding hydrogens is 304 g/mol. The summed E-state index contributed by atoms with van der Waals surface area (Å²) in [4.78, 5) is 12.2. The fraction of sp³-hybridized carbons (Fsp3) is 0.263. The van der Waals surface area contributed by atoms with Gasteiger partial charge >= 0.3 is 0 Å². The highest BCUT2D eigenvalue weighted by Crippen LogP contribution is 2.18. The van der Waals surface area contributed by atoms with Gasteiger partial charge in [0.2, 0.25) is 0 Å². The van der Waals surface area contributed by atoms with Crippen LogP contribution in [-0.2, 0) is 9.53 Å². The van der Waals surface area contributed by atoms with E-state index in [1.165, 1.54) is 0 Å². The highest BCUT2D eigenvalue weighted by Gasteiger charge is 2.18. The fourth-order valence-corrected chi connectivity index (χ4v) is 2.25. The van der Waals surface area contributed by atoms with E-state index in [9.17, 15) is 4.79 Å². The first kappa shape index (κ1) is 17.5. The number of ether oxygens (including phenoxy) is 2. The molecule has 0 aliphatic heterocycles. The molecule has 1 amide bonds. The quantitative estimate of drug-likeness (QED) is 0.850. The van der Waals surface area contributed by atoms with Crippen LogP contribution in [0.4, 0.5) is 0 Å². The fourth-order valence-electron chi connectivity index (χ4n) is 2.25. The maximum atomic E-state index is 12.2. The van der Waals surface area contributed by atoms with Crippen LogP contribution in [0.1, 0.15) is 24.2 Å². The standard InChI is InChI=1S/C19H20N2O3/c1-14(24-17-11-7-6-10-16(17)12-20)19(22)21-13-18(23-2)15-8-4-3-5-9-15/h3-11,14,18H,13H2,1-2H3,(H,21,22)/t14-,18+/m0/s1. The number of nitriles is 1. The summed E-state index contributed by atoms with van der Waals surface area (Å²) >= 11 is 0. The lowest BCUT2D eigenvalue weighted by molar-refractivity contribution is -0.127. The Morgan fingerprint density at radius 3 is 2.50 bits per heavy atom. The number of para-hydroxylation sites is 1. The normalized spacial score (nSPS) is 12.7. The number of carbonyl (C=O) groups is 1. The molecule has 0 fully saturated rings. The lowest BCUT2D eigenvalue weighted by Crippen LogP contribution is -2.38. The minimum Gasteiger partial charge on any atom is -0.480 e. The van der Waals surface area contributed by atoms with Crippen LogP contribution in [0.15, 0.2) is 54.6 Å². The summed E-state index contributed by atoms with van der Waals surface area (Å²) in [5.41, 5.74) is 1.39. The zero-order valence-electron chi connectivity index (χ0n) is 13.7. The van der Waals surface area contributed by atoms with Gasteiger partial charge < -0.3 is 14.8 Å². The highest BCUT2D eigenvalue weighted by atomic mass is 16.5. The maximum absolute atomic E-state index is 12.2. The second-order valence-corrected chi connectivity index (χ2v) is 5.25. The number of carbonyl (C=O) groups excluding carboxylic acids is 1. The molecule has 2 rings (SSSR count). The van der Waals surface area contributed by atoms with Crippen LogP contribution in [0.2, 0.25) is 0 Å². The van der Waals surface area contributed by atoms with Crippen molar-refractivity contribution in [3.05, 3.63) is 65.7 Å². The molecule has 124 valence electrons. The van der Waals surface area contributed by atoms with E-state index in [1.54, 1.807) is 38.3 Å². The third-order valence-electron chi connectivity index (χ3n) is 3.60. The Bertz CT molecular complexity index is 710. The summed E-state index contributed by atoms with van der Waals surface area (Å²) < 4.78 is 11.0. The molecule has 0 aliphatic rings. The molecule has 2 aromatic rings. The third-order valence-corrected chi connectivity index (χ3v) is 3.60. The lowest BCUT2D eigenvalue weighted by Gasteiger charge is -2.19. The number of amides is 1. The van der Waals surface area contributed by atoms with E-state index < -0.39 is 6.10 Å². The SMILES string of the molecule is CO[C@H](CNC(=O)[C@H](C)Oc1ccccc1C#N)c1ccccc1. The largest absolute Gasteiger partial charge is 0.480 e. The van der Waals surface area contributed by atoms with E-state index in [1.807, 2.05) is 36.4 Å². The predicted octanol–water partition coefficient (Wildman–Crippen LogP) is 2.83. The summed E-state index contributed by atoms with van der Waals surface area (Å²) in [7, 11) is 1.60. The Labute approximate surface area is 141 Å². The zero-order chi connectivity index (χ0) is 17.4. The van der Waals surface area contributed by atoms with Crippen LogP contribution < -0.4 is 10.1 Å². The number of rotatable bonds is 7. The van der Waals surface area contributed by atoms with Gasteiger partial charge in [-0.05, 0) is 24.6 Å². The summed E-state index contributed by atoms with van der Waals surface area (Å²) in [5.74, 6) is 0.134. The van der Waals surface area contributed by atoms with Crippen LogP contribution in [0, 0.1) is 11.3 Å². The first-order valence-electron chi connectivity index (χ1n) is 7.67. The van der Waals surface area contributed by atoms with Crippen molar-refractivity contribution in [2.75, 3.05) is 13.7 Å². The molecule has 0 aliphatic carbocycles. The number of nitrogens with zero attached hydrogens (tertiary/aromatic N) is 1. The third kappa shape index (κ3) is 4.58. The Hall–Kier alpha value is -2.84. The molecule has 0 saturated carbocycles. The number of hydrogen-bond acceptors (Lipinski definition) is 4. The average Bonchev–Trinajstić information content (AvgIpc) is 2.63. The van der Waals surface area contributed by atoms with Gasteiger partial charge in [0.1, 0.15) is 11.8 Å². The molecule has 5 nitrogen and oxygen atoms in total. The van der Waals surface area contributed by atoms with Crippen LogP contribution in [0.5, 0.6) is 5.75 Å². The zero-order valence-corrected chi connectivity index (χ0v) is 13.7. The van der Waals surface area contributed by atoms with Crippen LogP contribution >= 0.6 is 0 Å². The van der Waals surface area contributed by atoms with Gasteiger partial charge in [-0.1, -0.05) is 42.5 Å². The first-order valence-corrected chi connectivity index (χ1v) is 7.67. The molecular formula is C19H20N2O3. The van der Waals surface area contributed by atoms with Crippen molar-refractivity contribution in [1.29, 1.82) is 5.26 Å². The molecule has 0 spiro atoms. The Balaban J connectivity index is 1.93. The van der Waals surface area contributed by atoms with Crippen molar-refractivity contribution in [3.8, 4) is 11.8 Å². The van der Waals surface area contributed by atoms with Crippen molar-refractivity contribution in [2.24, 2.45) is 0 Å². The smallest absolute Gasteiger partial charge is 0.260 e. The van der Waals surface area contributed by atoms with Crippen molar-refractivity contribution >= 4 is 5.91 Å². The molecule has 24 heavy (non-hydrogen) atoms. The second kappa shape index (κ2) is 8.70. The topological polar surface area (TPSA) is 71.3 Å². The van der Waals surface area contributed by atoms with Crippen LogP contribution in [0.25, 0.3) is 0 Å². The van der Waals surface area contributed by atoms with Gasteiger partial charge in [0.15, 0.2) is 6.10 Å². The molecule has 0 radical (unpaired) electrons. The van der Waals surface area contributed by atoms with Crippen molar-refractivity contribution in [3.63, 3.8) is 0 Å². The molecule has 2 aromatic carbocycles. The minimum atomic E-state index is -0.715. The summed E-state index contributed by atoms with van der Waals surface area (Å²) in [5, 5.41) is 11.9. The number of methoxy groups -OCH3 is 1. The van der Waals surface area contributed by atoms with Crippen LogP contribution in [-0.4, -0.2) is 25.7 Å². The van der Waals surface area contributed by atoms with Gasteiger partial charge in [-0.15, -0.1) is 0 Å². The van der Waals surface area contributed by atoms with Crippen molar-refractivity contribution in [2.45, 2.75) is 19.1 Å². The maximum Gasteiger partial charge on any atom is 0.260 e. The van der Waals surface area contributed by atoms with Gasteiger partial charge in [0.05, 0.1) is 11.7 Å². The van der Waals surface area contributed by atoms with Gasteiger partial charge in [-0.2, -0.15) is 5.26 Å². The van der Waals surface area contributed by atoms with E-state index in [4.69, 9.17) is 14.7 Å². The van der Waals surface area contributed by atoms with Gasteiger partial charge in [-0.25, -0.2) is 0 Å². The second-order valence-electron chi connectivity index (χ2n) is 5.25. The number of nitrogens with one attached hydrogen (secondary N) is 1. The number of hydrogen-bond donors (Lipinski definition) is 1. The van der Waals surface area contributed by atoms with Crippen molar-refractivity contribution in [1.82, 2.24) is 5.32 Å². The Morgan fingerprint density at radius 2 is 1.83 bits per heavy atom. The van der Waals surface area contributed by atoms with Gasteiger partial charge in [0.25, 0.3) is 5.91 Å². The molecule has 5 heteroatoms. The summed E-state index contributed by atoms with van der Waals surface area (Å²) in [6, 6.07) is 18.5. The summed E-state index contributed by atoms with van der Waals surface area (Å²) in [6.45, 7) is 1.99. The molecule has 0 heterocycles. The first-order chi connectivity index (χ1) is 11.7. The monoisotopic (exact) mass is 324 g/mol. The highest BCUT2D eigenvalue weighted by molar-refractivity contribution is 5.80. The Morgan fingerprint density at radius 1 is 1.17 bits per heavy atom. The number of benzene rings is 2. The van der Waals surface area contributed by atoms with Gasteiger partial charge in [-0.3, -0.25) is 4.79 Å². The van der Waals surface area contributed by atoms with E-state index in [2.05, 4.69) is 5.32 Å². The molecule has 0 aromatic heterocycles. The van der Waals surface area contributed by atoms with E-state index in [0.717, 1.165) is 5.56 Å². The molecule has 2 atom stereocenters. The van der Waals surface area contributed by atoms with E-state index >= 15 is 0 Å². The molecule has 0 saturated heterocycles. The minimum absolute atomic E-state index is 0.228. The van der Waals surface area contributed by atoms with Crippen molar-refractivity contribution < 1.29 is 14.3 Å². The van der Waals surface area contributed by atoms with E-state index in [0.29, 0.717) is 17.9 Å². The lowest BCUT2D eigenvalue weighted by atomic mass is 10.1. The summed E-state index contributed by atoms with van der Waals surface area (Å²) in [6.07, 6.45) is -0.943. The molecule has 0 unspecified atom stereocenters. The molecule has 1 N–H and O–H groups in total. The predicted molar refractivity (Wildman–Crippen MR) is 90.4 cm³/mol. The average molecular weight is 324 g/mol. The van der Waals surface area contributed by atoms with Crippen LogP contribution in [0.3, 0.4) is 0 Å². The van der Waals surface area contributed by atoms with E-state index in [-0.39, 0.29) is 12.0 Å². The molecule has 0 bridgehead atoms.